The van der Waals surface area contributed by atoms with E-state index in [1.807, 2.05) is 35.2 Å². The van der Waals surface area contributed by atoms with Crippen LogP contribution in [0, 0.1) is 5.41 Å². The molecule has 0 bridgehead atoms. The molecule has 0 spiro atoms. The van der Waals surface area contributed by atoms with Gasteiger partial charge in [-0.1, -0.05) is 18.2 Å². The first-order valence-electron chi connectivity index (χ1n) is 8.50. The summed E-state index contributed by atoms with van der Waals surface area (Å²) in [5.41, 5.74) is -0.273. The molecule has 0 unspecified atom stereocenters. The zero-order valence-corrected chi connectivity index (χ0v) is 13.9. The van der Waals surface area contributed by atoms with Gasteiger partial charge in [-0.2, -0.15) is 13.2 Å². The molecule has 0 aliphatic carbocycles. The molecule has 24 heavy (non-hydrogen) atoms. The van der Waals surface area contributed by atoms with Gasteiger partial charge in [-0.25, -0.2) is 0 Å². The Morgan fingerprint density at radius 2 is 1.96 bits per heavy atom. The average molecular weight is 345 g/mol. The van der Waals surface area contributed by atoms with Crippen LogP contribution in [0.4, 0.5) is 13.2 Å². The number of halogens is 3. The summed E-state index contributed by atoms with van der Waals surface area (Å²) in [5.74, 6) is 0.795. The molecule has 2 rings (SSSR count). The first-order valence-corrected chi connectivity index (χ1v) is 8.50. The van der Waals surface area contributed by atoms with Crippen molar-refractivity contribution >= 4 is 0 Å². The number of ether oxygens (including phenoxy) is 1. The molecule has 0 amide bonds. The van der Waals surface area contributed by atoms with E-state index in [4.69, 9.17) is 4.74 Å². The number of aliphatic hydroxyl groups excluding tert-OH is 1. The molecular formula is C18H26F3NO2. The number of para-hydroxylation sites is 1. The second-order valence-electron chi connectivity index (χ2n) is 6.67. The van der Waals surface area contributed by atoms with E-state index in [1.54, 1.807) is 0 Å². The van der Waals surface area contributed by atoms with Crippen LogP contribution in [0.5, 0.6) is 5.75 Å². The largest absolute Gasteiger partial charge is 0.494 e. The number of piperidine rings is 1. The lowest BCUT2D eigenvalue weighted by molar-refractivity contribution is -0.136. The average Bonchev–Trinajstić information content (AvgIpc) is 2.55. The molecule has 1 atom stereocenters. The van der Waals surface area contributed by atoms with Gasteiger partial charge in [-0.05, 0) is 50.9 Å². The Balaban J connectivity index is 1.79. The van der Waals surface area contributed by atoms with Crippen LogP contribution in [0.2, 0.25) is 0 Å². The lowest BCUT2D eigenvalue weighted by Crippen LogP contribution is -2.46. The second kappa shape index (κ2) is 8.72. The van der Waals surface area contributed by atoms with Crippen LogP contribution in [-0.4, -0.2) is 49.0 Å². The maximum absolute atomic E-state index is 12.3. The van der Waals surface area contributed by atoms with Gasteiger partial charge in [-0.15, -0.1) is 0 Å². The summed E-state index contributed by atoms with van der Waals surface area (Å²) in [6.07, 6.45) is -2.23. The van der Waals surface area contributed by atoms with E-state index in [0.717, 1.165) is 25.1 Å². The van der Waals surface area contributed by atoms with E-state index in [1.165, 1.54) is 0 Å². The molecule has 1 N–H and O–H groups in total. The van der Waals surface area contributed by atoms with Crippen LogP contribution in [0.15, 0.2) is 30.3 Å². The molecule has 1 aliphatic heterocycles. The van der Waals surface area contributed by atoms with Crippen LogP contribution in [-0.2, 0) is 0 Å². The molecule has 1 aromatic rings. The normalized spacial score (nSPS) is 22.5. The Morgan fingerprint density at radius 1 is 1.21 bits per heavy atom. The maximum atomic E-state index is 12.3. The number of alkyl halides is 3. The summed E-state index contributed by atoms with van der Waals surface area (Å²) in [6, 6.07) is 9.49. The van der Waals surface area contributed by atoms with Crippen molar-refractivity contribution in [1.29, 1.82) is 0 Å². The van der Waals surface area contributed by atoms with Gasteiger partial charge in [0.25, 0.3) is 0 Å². The monoisotopic (exact) mass is 345 g/mol. The number of nitrogens with zero attached hydrogens (tertiary/aromatic N) is 1. The van der Waals surface area contributed by atoms with Crippen LogP contribution in [0.1, 0.15) is 32.1 Å². The van der Waals surface area contributed by atoms with Crippen molar-refractivity contribution in [2.45, 2.75) is 38.3 Å². The van der Waals surface area contributed by atoms with Gasteiger partial charge < -0.3 is 14.7 Å². The first-order chi connectivity index (χ1) is 11.4. The molecule has 3 nitrogen and oxygen atoms in total. The molecule has 6 heteroatoms. The van der Waals surface area contributed by atoms with Gasteiger partial charge in [0.1, 0.15) is 5.75 Å². The SMILES string of the molecule is OC[C@@]1(CCOc2ccccc2)CCCN(CCCC(F)(F)F)C1. The zero-order chi connectivity index (χ0) is 17.5. The maximum Gasteiger partial charge on any atom is 0.389 e. The highest BCUT2D eigenvalue weighted by molar-refractivity contribution is 5.20. The van der Waals surface area contributed by atoms with Crippen molar-refractivity contribution in [3.8, 4) is 5.75 Å². The Kier molecular flexibility index (Phi) is 6.92. The lowest BCUT2D eigenvalue weighted by atomic mass is 9.78. The van der Waals surface area contributed by atoms with Crippen molar-refractivity contribution < 1.29 is 23.0 Å². The first kappa shape index (κ1) is 19.1. The molecular weight excluding hydrogens is 319 g/mol. The summed E-state index contributed by atoms with van der Waals surface area (Å²) in [7, 11) is 0. The van der Waals surface area contributed by atoms with Crippen molar-refractivity contribution in [3.63, 3.8) is 0 Å². The van der Waals surface area contributed by atoms with Gasteiger partial charge in [0.2, 0.25) is 0 Å². The van der Waals surface area contributed by atoms with Gasteiger partial charge in [-0.3, -0.25) is 0 Å². The second-order valence-corrected chi connectivity index (χ2v) is 6.67. The van der Waals surface area contributed by atoms with Gasteiger partial charge >= 0.3 is 6.18 Å². The smallest absolute Gasteiger partial charge is 0.389 e. The molecule has 1 fully saturated rings. The van der Waals surface area contributed by atoms with Gasteiger partial charge in [0.05, 0.1) is 13.2 Å². The molecule has 1 aliphatic rings. The minimum atomic E-state index is -4.09. The quantitative estimate of drug-likeness (QED) is 0.776. The molecule has 0 aromatic heterocycles. The summed E-state index contributed by atoms with van der Waals surface area (Å²) in [5, 5.41) is 9.85. The van der Waals surface area contributed by atoms with E-state index in [2.05, 4.69) is 0 Å². The molecule has 0 saturated carbocycles. The van der Waals surface area contributed by atoms with Gasteiger partial charge in [0.15, 0.2) is 0 Å². The fourth-order valence-corrected chi connectivity index (χ4v) is 3.32. The number of hydrogen-bond donors (Lipinski definition) is 1. The molecule has 1 aromatic carbocycles. The summed E-state index contributed by atoms with van der Waals surface area (Å²) >= 11 is 0. The Hall–Kier alpha value is -1.27. The zero-order valence-electron chi connectivity index (χ0n) is 13.9. The summed E-state index contributed by atoms with van der Waals surface area (Å²) in [6.45, 7) is 2.42. The minimum Gasteiger partial charge on any atom is -0.494 e. The Labute approximate surface area is 141 Å². The van der Waals surface area contributed by atoms with Crippen molar-refractivity contribution in [1.82, 2.24) is 4.90 Å². The van der Waals surface area contributed by atoms with Gasteiger partial charge in [0, 0.05) is 18.4 Å². The number of benzene rings is 1. The van der Waals surface area contributed by atoms with Crippen molar-refractivity contribution in [2.75, 3.05) is 32.8 Å². The van der Waals surface area contributed by atoms with E-state index in [0.29, 0.717) is 26.1 Å². The summed E-state index contributed by atoms with van der Waals surface area (Å²) in [4.78, 5) is 2.05. The summed E-state index contributed by atoms with van der Waals surface area (Å²) < 4.78 is 42.6. The predicted molar refractivity (Wildman–Crippen MR) is 87.0 cm³/mol. The fraction of sp³-hybridized carbons (Fsp3) is 0.667. The highest BCUT2D eigenvalue weighted by Crippen LogP contribution is 2.33. The molecule has 1 saturated heterocycles. The third-order valence-electron chi connectivity index (χ3n) is 4.65. The Bertz CT molecular complexity index is 481. The van der Waals surface area contributed by atoms with E-state index in [9.17, 15) is 18.3 Å². The Morgan fingerprint density at radius 3 is 2.62 bits per heavy atom. The third-order valence-corrected chi connectivity index (χ3v) is 4.65. The van der Waals surface area contributed by atoms with Crippen molar-refractivity contribution in [2.24, 2.45) is 5.41 Å². The standard InChI is InChI=1S/C18H26F3NO2/c19-18(20,21)9-5-12-22-11-4-8-17(14-22,15-23)10-13-24-16-6-2-1-3-7-16/h1-3,6-7,23H,4-5,8-15H2/t17-/m1/s1. The fourth-order valence-electron chi connectivity index (χ4n) is 3.32. The predicted octanol–water partition coefficient (Wildman–Crippen LogP) is 3.87. The topological polar surface area (TPSA) is 32.7 Å². The van der Waals surface area contributed by atoms with E-state index < -0.39 is 12.6 Å². The van der Waals surface area contributed by atoms with Crippen LogP contribution in [0.25, 0.3) is 0 Å². The number of likely N-dealkylation sites (tertiary alicyclic amines) is 1. The van der Waals surface area contributed by atoms with Crippen LogP contribution in [0.3, 0.4) is 0 Å². The number of hydrogen-bond acceptors (Lipinski definition) is 3. The molecule has 136 valence electrons. The number of aliphatic hydroxyl groups is 1. The third kappa shape index (κ3) is 6.32. The van der Waals surface area contributed by atoms with Crippen LogP contribution >= 0.6 is 0 Å². The lowest BCUT2D eigenvalue weighted by Gasteiger charge is -2.42. The minimum absolute atomic E-state index is 0.0426. The molecule has 1 heterocycles. The van der Waals surface area contributed by atoms with Crippen molar-refractivity contribution in [3.05, 3.63) is 30.3 Å². The highest BCUT2D eigenvalue weighted by Gasteiger charge is 2.35. The van der Waals surface area contributed by atoms with E-state index >= 15 is 0 Å². The highest BCUT2D eigenvalue weighted by atomic mass is 19.4. The van der Waals surface area contributed by atoms with E-state index in [-0.39, 0.29) is 18.4 Å². The molecule has 0 radical (unpaired) electrons. The number of rotatable bonds is 8. The van der Waals surface area contributed by atoms with Crippen LogP contribution < -0.4 is 4.74 Å².